The Morgan fingerprint density at radius 3 is 2.75 bits per heavy atom. The smallest absolute Gasteiger partial charge is 0.161 e. The quantitative estimate of drug-likeness (QED) is 0.640. The molecule has 0 saturated heterocycles. The highest BCUT2D eigenvalue weighted by atomic mass is 16.5. The second-order valence-electron chi connectivity index (χ2n) is 2.76. The Bertz CT molecular complexity index is 289. The first kappa shape index (κ1) is 9.00. The van der Waals surface area contributed by atoms with Crippen LogP contribution in [0.4, 0.5) is 0 Å². The Balaban J connectivity index is 2.96. The lowest BCUT2D eigenvalue weighted by molar-refractivity contribution is 0.101. The van der Waals surface area contributed by atoms with E-state index in [4.69, 9.17) is 4.74 Å². The fraction of sp³-hybridized carbons (Fsp3) is 0.444. The largest absolute Gasteiger partial charge is 0.364 e. The molecule has 0 fully saturated rings. The molecule has 0 aliphatic rings. The third-order valence-corrected chi connectivity index (χ3v) is 1.89. The summed E-state index contributed by atoms with van der Waals surface area (Å²) in [4.78, 5) is 11.0. The summed E-state index contributed by atoms with van der Waals surface area (Å²) >= 11 is 0. The topological polar surface area (TPSA) is 31.2 Å². The van der Waals surface area contributed by atoms with Crippen molar-refractivity contribution in [2.24, 2.45) is 0 Å². The molecule has 0 aliphatic carbocycles. The van der Waals surface area contributed by atoms with Crippen LogP contribution in [0.5, 0.6) is 0 Å². The Kier molecular flexibility index (Phi) is 2.65. The second-order valence-corrected chi connectivity index (χ2v) is 2.76. The van der Waals surface area contributed by atoms with Crippen molar-refractivity contribution in [1.82, 2.24) is 4.57 Å². The van der Waals surface area contributed by atoms with Crippen LogP contribution in [0.15, 0.2) is 12.3 Å². The van der Waals surface area contributed by atoms with Gasteiger partial charge in [-0.2, -0.15) is 0 Å². The lowest BCUT2D eigenvalue weighted by Crippen LogP contribution is -2.02. The number of hydrogen-bond acceptors (Lipinski definition) is 2. The molecule has 0 unspecified atom stereocenters. The van der Waals surface area contributed by atoms with Gasteiger partial charge in [0, 0.05) is 24.6 Å². The Morgan fingerprint density at radius 2 is 2.33 bits per heavy atom. The van der Waals surface area contributed by atoms with E-state index in [1.165, 1.54) is 0 Å². The van der Waals surface area contributed by atoms with Crippen LogP contribution in [-0.2, 0) is 11.5 Å². The number of aromatic nitrogens is 1. The summed E-state index contributed by atoms with van der Waals surface area (Å²) in [6.45, 7) is 3.98. The van der Waals surface area contributed by atoms with Gasteiger partial charge in [0.15, 0.2) is 5.78 Å². The number of ether oxygens (including phenoxy) is 1. The van der Waals surface area contributed by atoms with Crippen LogP contribution in [0.3, 0.4) is 0 Å². The van der Waals surface area contributed by atoms with Crippen LogP contribution in [0.2, 0.25) is 0 Å². The van der Waals surface area contributed by atoms with Crippen molar-refractivity contribution in [2.75, 3.05) is 7.11 Å². The minimum absolute atomic E-state index is 0.0994. The van der Waals surface area contributed by atoms with Crippen molar-refractivity contribution in [2.45, 2.75) is 20.6 Å². The van der Waals surface area contributed by atoms with Gasteiger partial charge in [-0.15, -0.1) is 0 Å². The van der Waals surface area contributed by atoms with Crippen molar-refractivity contribution in [3.8, 4) is 0 Å². The number of hydrogen-bond donors (Lipinski definition) is 0. The summed E-state index contributed by atoms with van der Waals surface area (Å²) in [6.07, 6.45) is 1.86. The molecule has 3 heteroatoms. The Morgan fingerprint density at radius 1 is 1.67 bits per heavy atom. The molecule has 0 radical (unpaired) electrons. The lowest BCUT2D eigenvalue weighted by Gasteiger charge is -2.03. The zero-order valence-electron chi connectivity index (χ0n) is 7.63. The zero-order valence-corrected chi connectivity index (χ0v) is 7.63. The van der Waals surface area contributed by atoms with Crippen molar-refractivity contribution in [3.63, 3.8) is 0 Å². The van der Waals surface area contributed by atoms with Crippen LogP contribution in [-0.4, -0.2) is 17.5 Å². The third-order valence-electron chi connectivity index (χ3n) is 1.89. The zero-order chi connectivity index (χ0) is 9.14. The van der Waals surface area contributed by atoms with Gasteiger partial charge in [-0.05, 0) is 19.9 Å². The molecule has 66 valence electrons. The Hall–Kier alpha value is -1.09. The molecule has 1 aromatic heterocycles. The molecular formula is C9H13NO2. The first-order valence-corrected chi connectivity index (χ1v) is 3.82. The number of carbonyl (C=O) groups is 1. The lowest BCUT2D eigenvalue weighted by atomic mass is 10.2. The van der Waals surface area contributed by atoms with Crippen molar-refractivity contribution < 1.29 is 9.53 Å². The molecule has 12 heavy (non-hydrogen) atoms. The normalized spacial score (nSPS) is 10.2. The van der Waals surface area contributed by atoms with Gasteiger partial charge in [0.05, 0.1) is 0 Å². The maximum absolute atomic E-state index is 11.0. The van der Waals surface area contributed by atoms with E-state index >= 15 is 0 Å². The molecule has 0 aromatic carbocycles. The highest BCUT2D eigenvalue weighted by molar-refractivity contribution is 5.95. The molecule has 3 nitrogen and oxygen atoms in total. The van der Waals surface area contributed by atoms with Crippen LogP contribution in [0, 0.1) is 6.92 Å². The number of rotatable bonds is 3. The van der Waals surface area contributed by atoms with Gasteiger partial charge in [0.1, 0.15) is 6.73 Å². The van der Waals surface area contributed by atoms with Crippen LogP contribution in [0.25, 0.3) is 0 Å². The van der Waals surface area contributed by atoms with Gasteiger partial charge >= 0.3 is 0 Å². The summed E-state index contributed by atoms with van der Waals surface area (Å²) in [5.74, 6) is 0.0994. The monoisotopic (exact) mass is 167 g/mol. The van der Waals surface area contributed by atoms with Crippen LogP contribution >= 0.6 is 0 Å². The van der Waals surface area contributed by atoms with Crippen LogP contribution < -0.4 is 0 Å². The van der Waals surface area contributed by atoms with Gasteiger partial charge in [-0.1, -0.05) is 0 Å². The molecule has 0 aliphatic heterocycles. The molecule has 0 N–H and O–H groups in total. The highest BCUT2D eigenvalue weighted by Crippen LogP contribution is 2.10. The molecule has 1 rings (SSSR count). The summed E-state index contributed by atoms with van der Waals surface area (Å²) < 4.78 is 6.85. The maximum atomic E-state index is 11.0. The molecule has 0 spiro atoms. The van der Waals surface area contributed by atoms with E-state index in [1.54, 1.807) is 14.0 Å². The van der Waals surface area contributed by atoms with Gasteiger partial charge in [-0.3, -0.25) is 4.79 Å². The van der Waals surface area contributed by atoms with E-state index in [2.05, 4.69) is 0 Å². The minimum Gasteiger partial charge on any atom is -0.364 e. The molecule has 0 saturated carbocycles. The number of methoxy groups -OCH3 is 1. The summed E-state index contributed by atoms with van der Waals surface area (Å²) in [7, 11) is 1.63. The fourth-order valence-electron chi connectivity index (χ4n) is 1.20. The number of carbonyl (C=O) groups excluding carboxylic acids is 1. The molecule has 1 heterocycles. The first-order valence-electron chi connectivity index (χ1n) is 3.82. The van der Waals surface area contributed by atoms with Crippen molar-refractivity contribution >= 4 is 5.78 Å². The van der Waals surface area contributed by atoms with Gasteiger partial charge < -0.3 is 9.30 Å². The van der Waals surface area contributed by atoms with Crippen LogP contribution in [0.1, 0.15) is 23.0 Å². The van der Waals surface area contributed by atoms with Crippen molar-refractivity contribution in [1.29, 1.82) is 0 Å². The summed E-state index contributed by atoms with van der Waals surface area (Å²) in [5.41, 5.74) is 1.73. The predicted octanol–water partition coefficient (Wildman–Crippen LogP) is 1.60. The van der Waals surface area contributed by atoms with E-state index < -0.39 is 0 Å². The summed E-state index contributed by atoms with van der Waals surface area (Å²) in [5, 5.41) is 0. The summed E-state index contributed by atoms with van der Waals surface area (Å²) in [6, 6.07) is 1.82. The standard InChI is InChI=1S/C9H13NO2/c1-7-9(8(2)11)4-5-10(7)6-12-3/h4-5H,6H2,1-3H3. The molecule has 0 amide bonds. The maximum Gasteiger partial charge on any atom is 0.161 e. The molecule has 0 atom stereocenters. The number of nitrogens with zero attached hydrogens (tertiary/aromatic N) is 1. The molecule has 1 aromatic rings. The van der Waals surface area contributed by atoms with E-state index in [0.29, 0.717) is 6.73 Å². The van der Waals surface area contributed by atoms with Gasteiger partial charge in [0.2, 0.25) is 0 Å². The SMILES string of the molecule is COCn1ccc(C(C)=O)c1C. The van der Waals surface area contributed by atoms with Gasteiger partial charge in [0.25, 0.3) is 0 Å². The first-order chi connectivity index (χ1) is 5.66. The van der Waals surface area contributed by atoms with E-state index in [9.17, 15) is 4.79 Å². The van der Waals surface area contributed by atoms with E-state index in [1.807, 2.05) is 23.8 Å². The third kappa shape index (κ3) is 1.56. The highest BCUT2D eigenvalue weighted by Gasteiger charge is 2.07. The predicted molar refractivity (Wildman–Crippen MR) is 46.2 cm³/mol. The van der Waals surface area contributed by atoms with E-state index in [0.717, 1.165) is 11.3 Å². The number of Topliss-reactive ketones (excluding diaryl/α,β-unsaturated/α-hetero) is 1. The molecular weight excluding hydrogens is 154 g/mol. The van der Waals surface area contributed by atoms with Crippen molar-refractivity contribution in [3.05, 3.63) is 23.5 Å². The average molecular weight is 167 g/mol. The molecule has 0 bridgehead atoms. The average Bonchev–Trinajstić information content (AvgIpc) is 2.34. The Labute approximate surface area is 72.0 Å². The number of ketones is 1. The second kappa shape index (κ2) is 3.54. The van der Waals surface area contributed by atoms with E-state index in [-0.39, 0.29) is 5.78 Å². The van der Waals surface area contributed by atoms with Gasteiger partial charge in [-0.25, -0.2) is 0 Å². The fourth-order valence-corrected chi connectivity index (χ4v) is 1.20. The minimum atomic E-state index is 0.0994.